The van der Waals surface area contributed by atoms with Crippen LogP contribution in [0.3, 0.4) is 0 Å². The number of carbonyl (C=O) groups excluding carboxylic acids is 1. The molecule has 1 aliphatic rings. The molecule has 0 spiro atoms. The molecule has 35 heavy (non-hydrogen) atoms. The molecule has 3 aromatic carbocycles. The van der Waals surface area contributed by atoms with Gasteiger partial charge in [-0.25, -0.2) is 4.98 Å². The first-order valence-electron chi connectivity index (χ1n) is 10.7. The number of anilines is 3. The van der Waals surface area contributed by atoms with Gasteiger partial charge in [0.2, 0.25) is 12.7 Å². The lowest BCUT2D eigenvalue weighted by molar-refractivity contribution is 0.102. The SMILES string of the molecule is Cc1ccc(Nc2nc(-c3ccc(NC(=O)c4ccc5c(c4)OCO5)cc3)c(C#N)c(=O)[nH]2)cc1. The Morgan fingerprint density at radius 2 is 1.71 bits per heavy atom. The van der Waals surface area contributed by atoms with Gasteiger partial charge in [-0.05, 0) is 49.4 Å². The lowest BCUT2D eigenvalue weighted by atomic mass is 10.1. The van der Waals surface area contributed by atoms with Crippen LogP contribution in [-0.4, -0.2) is 22.7 Å². The fraction of sp³-hybridized carbons (Fsp3) is 0.0769. The third-order valence-electron chi connectivity index (χ3n) is 5.40. The monoisotopic (exact) mass is 465 g/mol. The van der Waals surface area contributed by atoms with E-state index in [1.54, 1.807) is 42.5 Å². The molecule has 1 aliphatic heterocycles. The van der Waals surface area contributed by atoms with Gasteiger partial charge in [0.05, 0.1) is 5.69 Å². The van der Waals surface area contributed by atoms with Crippen LogP contribution in [-0.2, 0) is 0 Å². The molecule has 2 heterocycles. The number of ether oxygens (including phenoxy) is 2. The molecule has 0 atom stereocenters. The third kappa shape index (κ3) is 4.54. The zero-order valence-corrected chi connectivity index (χ0v) is 18.6. The Labute approximate surface area is 200 Å². The van der Waals surface area contributed by atoms with Gasteiger partial charge in [-0.1, -0.05) is 29.8 Å². The van der Waals surface area contributed by atoms with Crippen LogP contribution in [0, 0.1) is 18.3 Å². The van der Waals surface area contributed by atoms with E-state index in [9.17, 15) is 14.9 Å². The minimum absolute atomic E-state index is 0.100. The Bertz CT molecular complexity index is 1520. The first-order valence-corrected chi connectivity index (χ1v) is 10.7. The van der Waals surface area contributed by atoms with E-state index >= 15 is 0 Å². The molecule has 5 rings (SSSR count). The van der Waals surface area contributed by atoms with E-state index < -0.39 is 5.56 Å². The number of rotatable bonds is 5. The number of fused-ring (bicyclic) bond motifs is 1. The van der Waals surface area contributed by atoms with Crippen LogP contribution in [0.2, 0.25) is 0 Å². The summed E-state index contributed by atoms with van der Waals surface area (Å²) in [5.74, 6) is 1.02. The average molecular weight is 465 g/mol. The first-order chi connectivity index (χ1) is 17.0. The summed E-state index contributed by atoms with van der Waals surface area (Å²) in [6.45, 7) is 2.11. The van der Waals surface area contributed by atoms with E-state index in [0.717, 1.165) is 11.3 Å². The zero-order chi connectivity index (χ0) is 24.4. The highest BCUT2D eigenvalue weighted by Crippen LogP contribution is 2.32. The largest absolute Gasteiger partial charge is 0.454 e. The Balaban J connectivity index is 1.38. The molecule has 3 N–H and O–H groups in total. The molecule has 0 fully saturated rings. The van der Waals surface area contributed by atoms with Gasteiger partial charge >= 0.3 is 0 Å². The second-order valence-corrected chi connectivity index (χ2v) is 7.84. The van der Waals surface area contributed by atoms with Gasteiger partial charge in [0, 0.05) is 22.5 Å². The van der Waals surface area contributed by atoms with Crippen LogP contribution in [0.25, 0.3) is 11.3 Å². The van der Waals surface area contributed by atoms with Crippen molar-refractivity contribution in [2.24, 2.45) is 0 Å². The zero-order valence-electron chi connectivity index (χ0n) is 18.6. The van der Waals surface area contributed by atoms with E-state index in [2.05, 4.69) is 20.6 Å². The number of amides is 1. The summed E-state index contributed by atoms with van der Waals surface area (Å²) in [7, 11) is 0. The molecule has 0 bridgehead atoms. The van der Waals surface area contributed by atoms with Crippen LogP contribution in [0.15, 0.2) is 71.5 Å². The van der Waals surface area contributed by atoms with Crippen molar-refractivity contribution in [2.75, 3.05) is 17.4 Å². The van der Waals surface area contributed by atoms with Crippen LogP contribution in [0.5, 0.6) is 11.5 Å². The quantitative estimate of drug-likeness (QED) is 0.400. The average Bonchev–Trinajstić information content (AvgIpc) is 3.34. The maximum absolute atomic E-state index is 12.6. The Morgan fingerprint density at radius 1 is 1.00 bits per heavy atom. The Morgan fingerprint density at radius 3 is 2.46 bits per heavy atom. The second kappa shape index (κ2) is 9.03. The number of H-pyrrole nitrogens is 1. The number of hydrogen-bond acceptors (Lipinski definition) is 7. The molecule has 9 nitrogen and oxygen atoms in total. The lowest BCUT2D eigenvalue weighted by Gasteiger charge is -2.10. The van der Waals surface area contributed by atoms with E-state index in [1.807, 2.05) is 37.3 Å². The number of aromatic amines is 1. The number of carbonyl (C=O) groups is 1. The normalized spacial score (nSPS) is 11.5. The highest BCUT2D eigenvalue weighted by Gasteiger charge is 2.17. The number of nitrogens with zero attached hydrogens (tertiary/aromatic N) is 2. The molecule has 4 aromatic rings. The molecule has 0 saturated heterocycles. The molecule has 9 heteroatoms. The van der Waals surface area contributed by atoms with Crippen molar-refractivity contribution in [2.45, 2.75) is 6.92 Å². The fourth-order valence-corrected chi connectivity index (χ4v) is 3.57. The van der Waals surface area contributed by atoms with Crippen LogP contribution in [0.4, 0.5) is 17.3 Å². The smallest absolute Gasteiger partial charge is 0.270 e. The number of aryl methyl sites for hydroxylation is 1. The number of aromatic nitrogens is 2. The minimum Gasteiger partial charge on any atom is -0.454 e. The number of nitrogens with one attached hydrogen (secondary N) is 3. The second-order valence-electron chi connectivity index (χ2n) is 7.84. The topological polar surface area (TPSA) is 129 Å². The van der Waals surface area contributed by atoms with Crippen LogP contribution in [0.1, 0.15) is 21.5 Å². The molecule has 1 aromatic heterocycles. The summed E-state index contributed by atoms with van der Waals surface area (Å²) in [6, 6.07) is 21.2. The van der Waals surface area contributed by atoms with Crippen molar-refractivity contribution in [3.8, 4) is 28.8 Å². The number of hydrogen-bond donors (Lipinski definition) is 3. The molecular weight excluding hydrogens is 446 g/mol. The number of benzene rings is 3. The van der Waals surface area contributed by atoms with Gasteiger partial charge in [0.25, 0.3) is 11.5 Å². The summed E-state index contributed by atoms with van der Waals surface area (Å²) >= 11 is 0. The van der Waals surface area contributed by atoms with Crippen molar-refractivity contribution < 1.29 is 14.3 Å². The van der Waals surface area contributed by atoms with Gasteiger partial charge in [-0.15, -0.1) is 0 Å². The Kier molecular flexibility index (Phi) is 5.61. The standard InChI is InChI=1S/C26H19N5O4/c1-15-2-7-19(8-3-15)29-26-30-23(20(13-27)25(33)31-26)16-4-9-18(10-5-16)28-24(32)17-6-11-21-22(12-17)35-14-34-21/h2-12H,14H2,1H3,(H,28,32)(H2,29,30,31,33). The van der Waals surface area contributed by atoms with Gasteiger partial charge in [-0.3, -0.25) is 14.6 Å². The first kappa shape index (κ1) is 21.7. The van der Waals surface area contributed by atoms with Crippen molar-refractivity contribution in [3.05, 3.63) is 93.8 Å². The lowest BCUT2D eigenvalue weighted by Crippen LogP contribution is -2.16. The molecule has 1 amide bonds. The van der Waals surface area contributed by atoms with Crippen molar-refractivity contribution in [1.82, 2.24) is 9.97 Å². The van der Waals surface area contributed by atoms with E-state index in [0.29, 0.717) is 28.3 Å². The summed E-state index contributed by atoms with van der Waals surface area (Å²) in [5.41, 5.74) is 2.95. The molecule has 0 radical (unpaired) electrons. The van der Waals surface area contributed by atoms with Crippen LogP contribution < -0.4 is 25.7 Å². The summed E-state index contributed by atoms with van der Waals surface area (Å²) in [6.07, 6.45) is 0. The van der Waals surface area contributed by atoms with Gasteiger partial charge < -0.3 is 20.1 Å². The molecule has 0 unspecified atom stereocenters. The molecule has 172 valence electrons. The van der Waals surface area contributed by atoms with Crippen molar-refractivity contribution in [3.63, 3.8) is 0 Å². The van der Waals surface area contributed by atoms with Gasteiger partial charge in [-0.2, -0.15) is 5.26 Å². The number of nitriles is 1. The fourth-order valence-electron chi connectivity index (χ4n) is 3.57. The minimum atomic E-state index is -0.549. The maximum atomic E-state index is 12.6. The highest BCUT2D eigenvalue weighted by atomic mass is 16.7. The molecule has 0 aliphatic carbocycles. The summed E-state index contributed by atoms with van der Waals surface area (Å²) < 4.78 is 10.6. The van der Waals surface area contributed by atoms with Crippen molar-refractivity contribution >= 4 is 23.2 Å². The highest BCUT2D eigenvalue weighted by molar-refractivity contribution is 6.04. The van der Waals surface area contributed by atoms with E-state index in [1.165, 1.54) is 0 Å². The Hall–Kier alpha value is -5.10. The summed E-state index contributed by atoms with van der Waals surface area (Å²) in [5, 5.41) is 15.4. The predicted molar refractivity (Wildman–Crippen MR) is 130 cm³/mol. The maximum Gasteiger partial charge on any atom is 0.270 e. The van der Waals surface area contributed by atoms with E-state index in [-0.39, 0.29) is 29.9 Å². The summed E-state index contributed by atoms with van der Waals surface area (Å²) in [4.78, 5) is 32.2. The predicted octanol–water partition coefficient (Wildman–Crippen LogP) is 4.34. The molecule has 0 saturated carbocycles. The van der Waals surface area contributed by atoms with Gasteiger partial charge in [0.15, 0.2) is 11.5 Å². The van der Waals surface area contributed by atoms with E-state index in [4.69, 9.17) is 9.47 Å². The van der Waals surface area contributed by atoms with Crippen LogP contribution >= 0.6 is 0 Å². The van der Waals surface area contributed by atoms with Crippen molar-refractivity contribution in [1.29, 1.82) is 5.26 Å². The van der Waals surface area contributed by atoms with Gasteiger partial charge in [0.1, 0.15) is 11.6 Å². The molecular formula is C26H19N5O4. The third-order valence-corrected chi connectivity index (χ3v) is 5.40.